The Morgan fingerprint density at radius 2 is 1.83 bits per heavy atom. The number of aliphatic hydroxyl groups is 2. The maximum atomic E-state index is 9.45. The van der Waals surface area contributed by atoms with E-state index in [-0.39, 0.29) is 0 Å². The van der Waals surface area contributed by atoms with Gasteiger partial charge in [0.15, 0.2) is 0 Å². The molecule has 0 bridgehead atoms. The predicted molar refractivity (Wildman–Crippen MR) is 47.5 cm³/mol. The lowest BCUT2D eigenvalue weighted by Gasteiger charge is -2.15. The van der Waals surface area contributed by atoms with Gasteiger partial charge < -0.3 is 15.9 Å². The zero-order valence-electron chi connectivity index (χ0n) is 6.94. The molecular weight excluding hydrogens is 154 g/mol. The Labute approximate surface area is 71.5 Å². The van der Waals surface area contributed by atoms with E-state index in [0.717, 1.165) is 0 Å². The van der Waals surface area contributed by atoms with Gasteiger partial charge in [-0.2, -0.15) is 0 Å². The molecule has 0 saturated carbocycles. The van der Waals surface area contributed by atoms with Crippen molar-refractivity contribution in [3.63, 3.8) is 0 Å². The van der Waals surface area contributed by atoms with Crippen LogP contribution in [0.2, 0.25) is 0 Å². The Balaban J connectivity index is 2.94. The first kappa shape index (κ1) is 9.03. The van der Waals surface area contributed by atoms with Crippen LogP contribution in [0.3, 0.4) is 0 Å². The number of hydrogen-bond donors (Lipinski definition) is 3. The summed E-state index contributed by atoms with van der Waals surface area (Å²) in [5, 5.41) is 18.5. The smallest absolute Gasteiger partial charge is 0.107 e. The van der Waals surface area contributed by atoms with Crippen molar-refractivity contribution in [3.05, 3.63) is 29.8 Å². The Hall–Kier alpha value is -1.06. The quantitative estimate of drug-likeness (QED) is 0.567. The van der Waals surface area contributed by atoms with E-state index in [2.05, 4.69) is 0 Å². The monoisotopic (exact) mass is 167 g/mol. The zero-order chi connectivity index (χ0) is 9.14. The Kier molecular flexibility index (Phi) is 2.68. The van der Waals surface area contributed by atoms with E-state index in [4.69, 9.17) is 10.8 Å². The van der Waals surface area contributed by atoms with Gasteiger partial charge in [-0.3, -0.25) is 0 Å². The highest BCUT2D eigenvalue weighted by molar-refractivity contribution is 5.47. The van der Waals surface area contributed by atoms with Gasteiger partial charge in [-0.05, 0) is 13.0 Å². The van der Waals surface area contributed by atoms with Crippen LogP contribution in [0, 0.1) is 0 Å². The summed E-state index contributed by atoms with van der Waals surface area (Å²) in [7, 11) is 0. The van der Waals surface area contributed by atoms with Crippen LogP contribution in [-0.2, 0) is 0 Å². The summed E-state index contributed by atoms with van der Waals surface area (Å²) in [6.07, 6.45) is -1.69. The molecule has 2 unspecified atom stereocenters. The first-order valence-electron chi connectivity index (χ1n) is 3.83. The fraction of sp³-hybridized carbons (Fsp3) is 0.333. The van der Waals surface area contributed by atoms with E-state index >= 15 is 0 Å². The van der Waals surface area contributed by atoms with E-state index in [1.54, 1.807) is 24.3 Å². The van der Waals surface area contributed by atoms with Crippen LogP contribution in [-0.4, -0.2) is 16.3 Å². The molecule has 0 aliphatic rings. The normalized spacial score (nSPS) is 15.6. The molecule has 4 N–H and O–H groups in total. The summed E-state index contributed by atoms with van der Waals surface area (Å²) in [6, 6.07) is 6.96. The van der Waals surface area contributed by atoms with Gasteiger partial charge >= 0.3 is 0 Å². The average molecular weight is 167 g/mol. The number of anilines is 1. The van der Waals surface area contributed by atoms with E-state index in [1.165, 1.54) is 6.92 Å². The number of nitrogens with two attached hydrogens (primary N) is 1. The molecule has 1 aromatic rings. The minimum absolute atomic E-state index is 0.505. The molecule has 0 aromatic heterocycles. The molecule has 3 nitrogen and oxygen atoms in total. The fourth-order valence-corrected chi connectivity index (χ4v) is 1.04. The third-order valence-electron chi connectivity index (χ3n) is 1.77. The molecule has 0 aliphatic carbocycles. The van der Waals surface area contributed by atoms with Crippen molar-refractivity contribution in [1.82, 2.24) is 0 Å². The number of benzene rings is 1. The number of hydrogen-bond acceptors (Lipinski definition) is 3. The summed E-state index contributed by atoms with van der Waals surface area (Å²) in [4.78, 5) is 0. The van der Waals surface area contributed by atoms with Crippen LogP contribution in [0.4, 0.5) is 5.69 Å². The molecule has 1 rings (SSSR count). The van der Waals surface area contributed by atoms with E-state index < -0.39 is 12.2 Å². The van der Waals surface area contributed by atoms with Crippen molar-refractivity contribution in [2.24, 2.45) is 0 Å². The lowest BCUT2D eigenvalue weighted by Crippen LogP contribution is -2.15. The molecule has 1 aromatic carbocycles. The van der Waals surface area contributed by atoms with Gasteiger partial charge in [-0.1, -0.05) is 18.2 Å². The van der Waals surface area contributed by atoms with Crippen LogP contribution >= 0.6 is 0 Å². The van der Waals surface area contributed by atoms with Crippen molar-refractivity contribution in [3.8, 4) is 0 Å². The molecule has 0 spiro atoms. The molecule has 66 valence electrons. The summed E-state index contributed by atoms with van der Waals surface area (Å²) >= 11 is 0. The summed E-state index contributed by atoms with van der Waals surface area (Å²) < 4.78 is 0. The molecule has 3 heteroatoms. The highest BCUT2D eigenvalue weighted by atomic mass is 16.3. The maximum Gasteiger partial charge on any atom is 0.107 e. The first-order valence-corrected chi connectivity index (χ1v) is 3.83. The molecule has 0 radical (unpaired) electrons. The fourth-order valence-electron chi connectivity index (χ4n) is 1.04. The Morgan fingerprint density at radius 1 is 1.25 bits per heavy atom. The van der Waals surface area contributed by atoms with Gasteiger partial charge in [-0.25, -0.2) is 0 Å². The lowest BCUT2D eigenvalue weighted by atomic mass is 10.0. The van der Waals surface area contributed by atoms with Crippen LogP contribution in [0.15, 0.2) is 24.3 Å². The van der Waals surface area contributed by atoms with Crippen LogP contribution in [0.25, 0.3) is 0 Å². The van der Waals surface area contributed by atoms with Gasteiger partial charge in [0.2, 0.25) is 0 Å². The second-order valence-corrected chi connectivity index (χ2v) is 2.81. The third kappa shape index (κ3) is 1.75. The summed E-state index contributed by atoms with van der Waals surface area (Å²) in [5.74, 6) is 0. The number of rotatable bonds is 2. The van der Waals surface area contributed by atoms with Gasteiger partial charge in [0.1, 0.15) is 6.10 Å². The minimum Gasteiger partial charge on any atom is -0.398 e. The maximum absolute atomic E-state index is 9.45. The largest absolute Gasteiger partial charge is 0.398 e. The summed E-state index contributed by atoms with van der Waals surface area (Å²) in [6.45, 7) is 1.52. The molecule has 0 aliphatic heterocycles. The lowest BCUT2D eigenvalue weighted by molar-refractivity contribution is 0.0310. The number of aliphatic hydroxyl groups excluding tert-OH is 2. The van der Waals surface area contributed by atoms with E-state index in [0.29, 0.717) is 11.3 Å². The molecule has 0 saturated heterocycles. The van der Waals surface area contributed by atoms with Crippen molar-refractivity contribution in [2.75, 3.05) is 5.73 Å². The van der Waals surface area contributed by atoms with Gasteiger partial charge in [0.25, 0.3) is 0 Å². The molecular formula is C9H13NO2. The van der Waals surface area contributed by atoms with Crippen LogP contribution in [0.5, 0.6) is 0 Å². The van der Waals surface area contributed by atoms with Gasteiger partial charge in [-0.15, -0.1) is 0 Å². The topological polar surface area (TPSA) is 66.5 Å². The highest BCUT2D eigenvalue weighted by Gasteiger charge is 2.15. The van der Waals surface area contributed by atoms with Crippen molar-refractivity contribution < 1.29 is 10.2 Å². The standard InChI is InChI=1S/C9H13NO2/c1-6(11)9(12)7-4-2-3-5-8(7)10/h2-6,9,11-12H,10H2,1H3. The predicted octanol–water partition coefficient (Wildman–Crippen LogP) is 0.683. The number of nitrogen functional groups attached to an aromatic ring is 1. The second-order valence-electron chi connectivity index (χ2n) is 2.81. The third-order valence-corrected chi connectivity index (χ3v) is 1.77. The number of para-hydroxylation sites is 1. The van der Waals surface area contributed by atoms with Crippen molar-refractivity contribution in [2.45, 2.75) is 19.1 Å². The average Bonchev–Trinajstić information content (AvgIpc) is 2.04. The first-order chi connectivity index (χ1) is 5.63. The second kappa shape index (κ2) is 3.56. The van der Waals surface area contributed by atoms with Crippen LogP contribution < -0.4 is 5.73 Å². The Morgan fingerprint density at radius 3 is 2.33 bits per heavy atom. The van der Waals surface area contributed by atoms with Gasteiger partial charge in [0, 0.05) is 11.3 Å². The Bertz CT molecular complexity index is 260. The van der Waals surface area contributed by atoms with Gasteiger partial charge in [0.05, 0.1) is 6.10 Å². The van der Waals surface area contributed by atoms with E-state index in [1.807, 2.05) is 0 Å². The molecule has 2 atom stereocenters. The molecule has 0 fully saturated rings. The minimum atomic E-state index is -0.897. The SMILES string of the molecule is CC(O)C(O)c1ccccc1N. The summed E-state index contributed by atoms with van der Waals surface area (Å²) in [5.41, 5.74) is 6.67. The zero-order valence-corrected chi connectivity index (χ0v) is 6.94. The van der Waals surface area contributed by atoms with E-state index in [9.17, 15) is 5.11 Å². The van der Waals surface area contributed by atoms with Crippen molar-refractivity contribution in [1.29, 1.82) is 0 Å². The van der Waals surface area contributed by atoms with Crippen LogP contribution in [0.1, 0.15) is 18.6 Å². The van der Waals surface area contributed by atoms with Crippen molar-refractivity contribution >= 4 is 5.69 Å². The highest BCUT2D eigenvalue weighted by Crippen LogP contribution is 2.22. The molecule has 0 heterocycles. The molecule has 0 amide bonds. The molecule has 12 heavy (non-hydrogen) atoms.